The van der Waals surface area contributed by atoms with E-state index >= 15 is 0 Å². The highest BCUT2D eigenvalue weighted by Gasteiger charge is 2.26. The van der Waals surface area contributed by atoms with Crippen LogP contribution in [0.1, 0.15) is 30.6 Å². The van der Waals surface area contributed by atoms with E-state index < -0.39 is 0 Å². The Morgan fingerprint density at radius 2 is 2.03 bits per heavy atom. The summed E-state index contributed by atoms with van der Waals surface area (Å²) in [5.41, 5.74) is 9.53. The first-order valence-electron chi connectivity index (χ1n) is 13.7. The molecular weight excluding hydrogens is 498 g/mol. The van der Waals surface area contributed by atoms with Gasteiger partial charge in [0.15, 0.2) is 11.6 Å². The molecule has 3 N–H and O–H groups in total. The molecule has 2 fully saturated rings. The number of nitrogens with two attached hydrogens (primary N) is 1. The van der Waals surface area contributed by atoms with Gasteiger partial charge < -0.3 is 20.1 Å². The summed E-state index contributed by atoms with van der Waals surface area (Å²) in [6.07, 6.45) is 6.28. The number of hydrogen-bond acceptors (Lipinski definition) is 9. The minimum Gasteiger partial charge on any atom is -0.385 e. The Kier molecular flexibility index (Phi) is 7.85. The van der Waals surface area contributed by atoms with Crippen LogP contribution in [0.5, 0.6) is 0 Å². The van der Waals surface area contributed by atoms with Crippen molar-refractivity contribution in [1.82, 2.24) is 25.1 Å². The van der Waals surface area contributed by atoms with Gasteiger partial charge in [-0.3, -0.25) is 10.00 Å². The van der Waals surface area contributed by atoms with Gasteiger partial charge in [-0.15, -0.1) is 11.3 Å². The molecule has 0 radical (unpaired) electrons. The first-order chi connectivity index (χ1) is 18.7. The maximum Gasteiger partial charge on any atom is 0.162 e. The highest BCUT2D eigenvalue weighted by Crippen LogP contribution is 2.36. The predicted molar refractivity (Wildman–Crippen MR) is 153 cm³/mol. The first-order valence-corrected chi connectivity index (χ1v) is 14.5. The summed E-state index contributed by atoms with van der Waals surface area (Å²) >= 11 is 1.83. The zero-order chi connectivity index (χ0) is 25.9. The Labute approximate surface area is 227 Å². The van der Waals surface area contributed by atoms with Gasteiger partial charge in [0.25, 0.3) is 0 Å². The van der Waals surface area contributed by atoms with Crippen LogP contribution in [0.4, 0.5) is 5.82 Å². The maximum absolute atomic E-state index is 6.51. The predicted octanol–water partition coefficient (Wildman–Crippen LogP) is 4.04. The summed E-state index contributed by atoms with van der Waals surface area (Å²) in [4.78, 5) is 16.5. The van der Waals surface area contributed by atoms with Crippen LogP contribution in [0.3, 0.4) is 0 Å². The molecule has 1 atom stereocenters. The van der Waals surface area contributed by atoms with Crippen LogP contribution in [0.25, 0.3) is 32.5 Å². The van der Waals surface area contributed by atoms with Crippen LogP contribution >= 0.6 is 11.3 Å². The Balaban J connectivity index is 1.24. The molecule has 6 rings (SSSR count). The molecule has 0 saturated carbocycles. The molecular formula is C28H37N7O2S. The van der Waals surface area contributed by atoms with Crippen molar-refractivity contribution in [3.05, 3.63) is 35.3 Å². The fourth-order valence-electron chi connectivity index (χ4n) is 5.77. The zero-order valence-corrected chi connectivity index (χ0v) is 22.9. The van der Waals surface area contributed by atoms with E-state index in [-0.39, 0.29) is 6.04 Å². The number of aromatic amines is 1. The lowest BCUT2D eigenvalue weighted by Gasteiger charge is -2.34. The van der Waals surface area contributed by atoms with Crippen molar-refractivity contribution in [2.24, 2.45) is 11.7 Å². The van der Waals surface area contributed by atoms with Crippen molar-refractivity contribution in [3.8, 4) is 11.4 Å². The van der Waals surface area contributed by atoms with Crippen LogP contribution in [0, 0.1) is 5.92 Å². The molecule has 10 heteroatoms. The number of ether oxygens (including phenoxy) is 2. The SMILES string of the molecule is COCCCC(N)C1CCN(Cc2cc3nc(-c4cccc5[nH]ncc45)nc(N4CCOCC4)c3s2)CC1. The molecule has 0 spiro atoms. The number of H-pyrrole nitrogens is 1. The van der Waals surface area contributed by atoms with Gasteiger partial charge in [0.05, 0.1) is 35.1 Å². The molecule has 2 aliphatic heterocycles. The van der Waals surface area contributed by atoms with Crippen LogP contribution in [-0.2, 0) is 16.0 Å². The Bertz CT molecular complexity index is 1360. The number of likely N-dealkylation sites (tertiary alicyclic amines) is 1. The third-order valence-corrected chi connectivity index (χ3v) is 9.05. The summed E-state index contributed by atoms with van der Waals surface area (Å²) < 4.78 is 12.0. The number of hydrogen-bond donors (Lipinski definition) is 2. The van der Waals surface area contributed by atoms with Gasteiger partial charge in [0, 0.05) is 55.2 Å². The number of aromatic nitrogens is 4. The highest BCUT2D eigenvalue weighted by molar-refractivity contribution is 7.19. The van der Waals surface area contributed by atoms with Crippen molar-refractivity contribution < 1.29 is 9.47 Å². The first kappa shape index (κ1) is 25.6. The fourth-order valence-corrected chi connectivity index (χ4v) is 6.93. The Morgan fingerprint density at radius 1 is 1.18 bits per heavy atom. The van der Waals surface area contributed by atoms with E-state index in [9.17, 15) is 0 Å². The molecule has 0 bridgehead atoms. The van der Waals surface area contributed by atoms with Gasteiger partial charge in [-0.25, -0.2) is 9.97 Å². The third-order valence-electron chi connectivity index (χ3n) is 7.94. The van der Waals surface area contributed by atoms with E-state index in [2.05, 4.69) is 32.1 Å². The largest absolute Gasteiger partial charge is 0.385 e. The number of methoxy groups -OCH3 is 1. The zero-order valence-electron chi connectivity index (χ0n) is 22.1. The van der Waals surface area contributed by atoms with Crippen LogP contribution in [0.2, 0.25) is 0 Å². The summed E-state index contributed by atoms with van der Waals surface area (Å²) in [6.45, 7) is 7.05. The van der Waals surface area contributed by atoms with Gasteiger partial charge in [0.1, 0.15) is 0 Å². The van der Waals surface area contributed by atoms with Crippen molar-refractivity contribution in [1.29, 1.82) is 0 Å². The van der Waals surface area contributed by atoms with Gasteiger partial charge >= 0.3 is 0 Å². The average molecular weight is 536 g/mol. The van der Waals surface area contributed by atoms with Crippen molar-refractivity contribution in [2.45, 2.75) is 38.3 Å². The van der Waals surface area contributed by atoms with Crippen molar-refractivity contribution >= 4 is 38.3 Å². The van der Waals surface area contributed by atoms with Crippen LogP contribution < -0.4 is 10.6 Å². The molecule has 202 valence electrons. The van der Waals surface area contributed by atoms with E-state index in [1.54, 1.807) is 7.11 Å². The minimum absolute atomic E-state index is 0.279. The number of rotatable bonds is 9. The second-order valence-electron chi connectivity index (χ2n) is 10.4. The molecule has 2 aliphatic rings. The van der Waals surface area contributed by atoms with Gasteiger partial charge in [0.2, 0.25) is 0 Å². The lowest BCUT2D eigenvalue weighted by molar-refractivity contribution is 0.122. The molecule has 3 aromatic heterocycles. The minimum atomic E-state index is 0.279. The number of thiophene rings is 1. The number of piperidine rings is 1. The molecule has 1 unspecified atom stereocenters. The smallest absolute Gasteiger partial charge is 0.162 e. The summed E-state index contributed by atoms with van der Waals surface area (Å²) in [5.74, 6) is 2.38. The molecule has 38 heavy (non-hydrogen) atoms. The lowest BCUT2D eigenvalue weighted by atomic mass is 9.87. The molecule has 1 aromatic carbocycles. The topological polar surface area (TPSA) is 105 Å². The quantitative estimate of drug-likeness (QED) is 0.310. The van der Waals surface area contributed by atoms with Crippen molar-refractivity contribution in [3.63, 3.8) is 0 Å². The van der Waals surface area contributed by atoms with Crippen LogP contribution in [0.15, 0.2) is 30.5 Å². The van der Waals surface area contributed by atoms with Gasteiger partial charge in [-0.05, 0) is 56.8 Å². The second kappa shape index (κ2) is 11.6. The number of fused-ring (bicyclic) bond motifs is 2. The molecule has 5 heterocycles. The van der Waals surface area contributed by atoms with Crippen molar-refractivity contribution in [2.75, 3.05) is 58.0 Å². The number of nitrogens with one attached hydrogen (secondary N) is 1. The fraction of sp³-hybridized carbons (Fsp3) is 0.536. The summed E-state index contributed by atoms with van der Waals surface area (Å²) in [7, 11) is 1.76. The average Bonchev–Trinajstić information content (AvgIpc) is 3.60. The monoisotopic (exact) mass is 535 g/mol. The standard InChI is InChI=1S/C28H37N7O2S/c1-36-13-3-5-23(29)19-7-9-34(10-8-19)18-20-16-25-26(38-20)28(35-11-14-37-15-12-35)32-27(31-25)21-4-2-6-24-22(21)17-30-33-24/h2,4,6,16-17,19,23H,3,5,7-15,18,29H2,1H3,(H,30,33). The molecule has 2 saturated heterocycles. The second-order valence-corrected chi connectivity index (χ2v) is 11.6. The van der Waals surface area contributed by atoms with E-state index in [0.717, 1.165) is 112 Å². The van der Waals surface area contributed by atoms with E-state index in [1.807, 2.05) is 29.7 Å². The Hall–Kier alpha value is -2.63. The molecule has 0 aliphatic carbocycles. The normalized spacial score (nSPS) is 18.5. The summed E-state index contributed by atoms with van der Waals surface area (Å²) in [5, 5.41) is 8.35. The number of anilines is 1. The van der Waals surface area contributed by atoms with E-state index in [1.165, 1.54) is 9.58 Å². The summed E-state index contributed by atoms with van der Waals surface area (Å²) in [6, 6.07) is 8.70. The van der Waals surface area contributed by atoms with E-state index in [0.29, 0.717) is 5.92 Å². The molecule has 4 aromatic rings. The maximum atomic E-state index is 6.51. The number of benzene rings is 1. The van der Waals surface area contributed by atoms with E-state index in [4.69, 9.17) is 25.2 Å². The van der Waals surface area contributed by atoms with Gasteiger partial charge in [-0.2, -0.15) is 5.10 Å². The van der Waals surface area contributed by atoms with Crippen LogP contribution in [-0.4, -0.2) is 84.2 Å². The molecule has 9 nitrogen and oxygen atoms in total. The third kappa shape index (κ3) is 5.41. The lowest BCUT2D eigenvalue weighted by Crippen LogP contribution is -2.40. The highest BCUT2D eigenvalue weighted by atomic mass is 32.1. The number of morpholine rings is 1. The molecule has 0 amide bonds. The number of nitrogens with zero attached hydrogens (tertiary/aromatic N) is 5. The van der Waals surface area contributed by atoms with Gasteiger partial charge in [-0.1, -0.05) is 12.1 Å². The Morgan fingerprint density at radius 3 is 2.84 bits per heavy atom.